The molecular weight excluding hydrogens is 448 g/mol. The van der Waals surface area contributed by atoms with Crippen LogP contribution < -0.4 is 14.8 Å². The van der Waals surface area contributed by atoms with Crippen molar-refractivity contribution in [2.45, 2.75) is 45.4 Å². The smallest absolute Gasteiger partial charge is 0.338 e. The molecule has 2 aromatic rings. The van der Waals surface area contributed by atoms with E-state index >= 15 is 0 Å². The molecule has 1 fully saturated rings. The van der Waals surface area contributed by atoms with E-state index in [1.165, 1.54) is 23.3 Å². The molecule has 186 valence electrons. The number of anilines is 1. The van der Waals surface area contributed by atoms with Gasteiger partial charge in [0.15, 0.2) is 24.7 Å². The van der Waals surface area contributed by atoms with Crippen molar-refractivity contribution in [2.24, 2.45) is 0 Å². The Labute approximate surface area is 205 Å². The number of benzene rings is 2. The highest BCUT2D eigenvalue weighted by molar-refractivity contribution is 5.96. The molecule has 0 radical (unpaired) electrons. The first-order chi connectivity index (χ1) is 17.0. The Hall–Kier alpha value is -3.55. The molecule has 2 aromatic carbocycles. The average Bonchev–Trinajstić information content (AvgIpc) is 3.35. The lowest BCUT2D eigenvalue weighted by atomic mass is 10.1. The van der Waals surface area contributed by atoms with Crippen LogP contribution in [0, 0.1) is 0 Å². The minimum absolute atomic E-state index is 0.0648. The van der Waals surface area contributed by atoms with E-state index in [0.29, 0.717) is 23.8 Å². The number of carbonyl (C=O) groups excluding carboxylic acids is 3. The van der Waals surface area contributed by atoms with Gasteiger partial charge in [0.25, 0.3) is 11.8 Å². The quantitative estimate of drug-likeness (QED) is 0.550. The van der Waals surface area contributed by atoms with Crippen molar-refractivity contribution in [3.8, 4) is 11.5 Å². The van der Waals surface area contributed by atoms with Gasteiger partial charge in [-0.05, 0) is 86.9 Å². The number of nitrogens with one attached hydrogen (secondary N) is 1. The summed E-state index contributed by atoms with van der Waals surface area (Å²) in [5.41, 5.74) is 3.51. The molecular formula is C27H32N2O6. The Morgan fingerprint density at radius 2 is 1.66 bits per heavy atom. The maximum absolute atomic E-state index is 12.5. The molecule has 8 heteroatoms. The lowest BCUT2D eigenvalue weighted by molar-refractivity contribution is -0.134. The topological polar surface area (TPSA) is 94.2 Å². The van der Waals surface area contributed by atoms with Crippen LogP contribution in [0.15, 0.2) is 36.4 Å². The molecule has 1 aliphatic heterocycles. The minimum Gasteiger partial charge on any atom is -0.490 e. The second-order valence-electron chi connectivity index (χ2n) is 8.79. The number of fused-ring (bicyclic) bond motifs is 1. The van der Waals surface area contributed by atoms with E-state index in [4.69, 9.17) is 14.2 Å². The van der Waals surface area contributed by atoms with Crippen LogP contribution in [0.3, 0.4) is 0 Å². The normalized spacial score (nSPS) is 14.7. The van der Waals surface area contributed by atoms with E-state index in [1.54, 1.807) is 6.07 Å². The highest BCUT2D eigenvalue weighted by Gasteiger charge is 2.19. The third-order valence-corrected chi connectivity index (χ3v) is 6.26. The Morgan fingerprint density at radius 3 is 2.46 bits per heavy atom. The molecule has 1 saturated heterocycles. The lowest BCUT2D eigenvalue weighted by Crippen LogP contribution is -2.38. The van der Waals surface area contributed by atoms with Gasteiger partial charge in [0, 0.05) is 18.8 Å². The SMILES string of the molecule is CCOc1cc(C(=O)OCC(=O)Nc2ccc3c(c2)CCC3)ccc1OCC(=O)N1CCCCC1. The van der Waals surface area contributed by atoms with Crippen molar-refractivity contribution < 1.29 is 28.6 Å². The first-order valence-corrected chi connectivity index (χ1v) is 12.3. The molecule has 2 aliphatic rings. The summed E-state index contributed by atoms with van der Waals surface area (Å²) in [6.45, 7) is 3.20. The fourth-order valence-electron chi connectivity index (χ4n) is 4.46. The first kappa shape index (κ1) is 24.6. The second kappa shape index (κ2) is 11.7. The highest BCUT2D eigenvalue weighted by Crippen LogP contribution is 2.29. The molecule has 0 saturated carbocycles. The van der Waals surface area contributed by atoms with Crippen LogP contribution in [0.1, 0.15) is 54.1 Å². The summed E-state index contributed by atoms with van der Waals surface area (Å²) >= 11 is 0. The van der Waals surface area contributed by atoms with Crippen LogP contribution in [-0.2, 0) is 27.2 Å². The number of rotatable bonds is 9. The van der Waals surface area contributed by atoms with Crippen LogP contribution in [-0.4, -0.2) is 55.6 Å². The van der Waals surface area contributed by atoms with Crippen molar-refractivity contribution in [3.05, 3.63) is 53.1 Å². The van der Waals surface area contributed by atoms with Crippen molar-refractivity contribution in [2.75, 3.05) is 38.2 Å². The fraction of sp³-hybridized carbons (Fsp3) is 0.444. The number of ether oxygens (including phenoxy) is 3. The largest absolute Gasteiger partial charge is 0.490 e. The number of esters is 1. The second-order valence-corrected chi connectivity index (χ2v) is 8.79. The van der Waals surface area contributed by atoms with E-state index < -0.39 is 18.5 Å². The number of aryl methyl sites for hydroxylation is 2. The van der Waals surface area contributed by atoms with E-state index in [0.717, 1.165) is 51.6 Å². The molecule has 2 amide bonds. The van der Waals surface area contributed by atoms with Crippen molar-refractivity contribution in [1.82, 2.24) is 4.90 Å². The summed E-state index contributed by atoms with van der Waals surface area (Å²) in [5, 5.41) is 2.78. The number of hydrogen-bond acceptors (Lipinski definition) is 6. The molecule has 0 spiro atoms. The number of carbonyl (C=O) groups is 3. The van der Waals surface area contributed by atoms with Crippen molar-refractivity contribution >= 4 is 23.5 Å². The molecule has 1 heterocycles. The third kappa shape index (κ3) is 6.53. The Balaban J connectivity index is 1.30. The molecule has 4 rings (SSSR count). The predicted molar refractivity (Wildman–Crippen MR) is 131 cm³/mol. The predicted octanol–water partition coefficient (Wildman–Crippen LogP) is 3.76. The van der Waals surface area contributed by atoms with Gasteiger partial charge in [-0.15, -0.1) is 0 Å². The Bertz CT molecular complexity index is 1080. The van der Waals surface area contributed by atoms with Gasteiger partial charge in [-0.1, -0.05) is 6.07 Å². The molecule has 0 unspecified atom stereocenters. The number of hydrogen-bond donors (Lipinski definition) is 1. The monoisotopic (exact) mass is 480 g/mol. The van der Waals surface area contributed by atoms with Crippen LogP contribution in [0.5, 0.6) is 11.5 Å². The van der Waals surface area contributed by atoms with Crippen molar-refractivity contribution in [1.29, 1.82) is 0 Å². The molecule has 0 atom stereocenters. The van der Waals surface area contributed by atoms with Crippen molar-refractivity contribution in [3.63, 3.8) is 0 Å². The summed E-state index contributed by atoms with van der Waals surface area (Å²) in [6.07, 6.45) is 6.39. The Kier molecular flexibility index (Phi) is 8.23. The number of nitrogens with zero attached hydrogens (tertiary/aromatic N) is 1. The number of likely N-dealkylation sites (tertiary alicyclic amines) is 1. The fourth-order valence-corrected chi connectivity index (χ4v) is 4.46. The molecule has 35 heavy (non-hydrogen) atoms. The first-order valence-electron chi connectivity index (χ1n) is 12.3. The number of piperidine rings is 1. The van der Waals surface area contributed by atoms with Gasteiger partial charge in [0.1, 0.15) is 0 Å². The van der Waals surface area contributed by atoms with Crippen LogP contribution in [0.25, 0.3) is 0 Å². The maximum atomic E-state index is 12.5. The van der Waals surface area contributed by atoms with E-state index in [2.05, 4.69) is 5.32 Å². The number of amides is 2. The highest BCUT2D eigenvalue weighted by atomic mass is 16.5. The Morgan fingerprint density at radius 1 is 0.857 bits per heavy atom. The minimum atomic E-state index is -0.647. The van der Waals surface area contributed by atoms with E-state index in [9.17, 15) is 14.4 Å². The van der Waals surface area contributed by atoms with Gasteiger partial charge in [-0.2, -0.15) is 0 Å². The van der Waals surface area contributed by atoms with Gasteiger partial charge in [-0.25, -0.2) is 4.79 Å². The van der Waals surface area contributed by atoms with Crippen LogP contribution in [0.4, 0.5) is 5.69 Å². The molecule has 8 nitrogen and oxygen atoms in total. The van der Waals surface area contributed by atoms with Gasteiger partial charge >= 0.3 is 5.97 Å². The molecule has 1 N–H and O–H groups in total. The molecule has 1 aliphatic carbocycles. The summed E-state index contributed by atoms with van der Waals surface area (Å²) in [5.74, 6) is -0.396. The van der Waals surface area contributed by atoms with E-state index in [1.807, 2.05) is 30.0 Å². The summed E-state index contributed by atoms with van der Waals surface area (Å²) in [4.78, 5) is 39.0. The molecule has 0 bridgehead atoms. The summed E-state index contributed by atoms with van der Waals surface area (Å²) in [7, 11) is 0. The van der Waals surface area contributed by atoms with Gasteiger partial charge < -0.3 is 24.4 Å². The zero-order chi connectivity index (χ0) is 24.6. The standard InChI is InChI=1S/C27H32N2O6/c1-2-33-24-16-21(10-12-23(24)34-18-26(31)29-13-4-3-5-14-29)27(32)35-17-25(30)28-22-11-9-19-7-6-8-20(19)15-22/h9-12,15-16H,2-8,13-14,17-18H2,1H3,(H,28,30). The summed E-state index contributed by atoms with van der Waals surface area (Å²) < 4.78 is 16.5. The van der Waals surface area contributed by atoms with Crippen LogP contribution >= 0.6 is 0 Å². The maximum Gasteiger partial charge on any atom is 0.338 e. The third-order valence-electron chi connectivity index (χ3n) is 6.26. The van der Waals surface area contributed by atoms with E-state index in [-0.39, 0.29) is 18.1 Å². The van der Waals surface area contributed by atoms with Gasteiger partial charge in [-0.3, -0.25) is 9.59 Å². The zero-order valence-corrected chi connectivity index (χ0v) is 20.1. The average molecular weight is 481 g/mol. The van der Waals surface area contributed by atoms with Gasteiger partial charge in [0.2, 0.25) is 0 Å². The lowest BCUT2D eigenvalue weighted by Gasteiger charge is -2.26. The zero-order valence-electron chi connectivity index (χ0n) is 20.1. The van der Waals surface area contributed by atoms with Crippen LogP contribution in [0.2, 0.25) is 0 Å². The summed E-state index contributed by atoms with van der Waals surface area (Å²) in [6, 6.07) is 10.5. The molecule has 0 aromatic heterocycles. The van der Waals surface area contributed by atoms with Gasteiger partial charge in [0.05, 0.1) is 12.2 Å².